The van der Waals surface area contributed by atoms with Gasteiger partial charge in [-0.25, -0.2) is 0 Å². The van der Waals surface area contributed by atoms with E-state index in [0.29, 0.717) is 0 Å². The zero-order valence-electron chi connectivity index (χ0n) is 26.2. The number of hydrogen-bond acceptors (Lipinski definition) is 0. The normalized spacial score (nSPS) is 12.2. The van der Waals surface area contributed by atoms with Crippen LogP contribution < -0.4 is 0 Å². The van der Waals surface area contributed by atoms with Crippen LogP contribution in [0.15, 0.2) is 170 Å². The first-order chi connectivity index (χ1) is 23.8. The van der Waals surface area contributed by atoms with Gasteiger partial charge >= 0.3 is 0 Å². The van der Waals surface area contributed by atoms with Crippen LogP contribution in [-0.2, 0) is 0 Å². The summed E-state index contributed by atoms with van der Waals surface area (Å²) in [6.07, 6.45) is 0. The zero-order valence-corrected chi connectivity index (χ0v) is 26.2. The van der Waals surface area contributed by atoms with Crippen molar-refractivity contribution >= 4 is 53.9 Å². The molecule has 11 rings (SSSR count). The first-order valence-corrected chi connectivity index (χ1v) is 16.8. The maximum atomic E-state index is 2.43. The third kappa shape index (κ3) is 3.39. The Balaban J connectivity index is 1.37. The molecule has 0 fully saturated rings. The van der Waals surface area contributed by atoms with E-state index in [2.05, 4.69) is 170 Å². The van der Waals surface area contributed by atoms with Gasteiger partial charge in [-0.3, -0.25) is 0 Å². The van der Waals surface area contributed by atoms with Crippen molar-refractivity contribution in [2.75, 3.05) is 0 Å². The minimum Gasteiger partial charge on any atom is -0.0622 e. The standard InChI is InChI=1S/C48H28/c1-4-12-29(13-5-1)33-22-23-38-41(28-33)44(32-16-8-3-9-17-32)48-40-27-25-37-35-21-11-19-30-18-10-20-34(42(30)35)36-24-26-39(46(40)45(36)37)47(48)43(38)31-14-6-2-7-15-31/h1-28H. The van der Waals surface area contributed by atoms with Crippen molar-refractivity contribution in [3.05, 3.63) is 170 Å². The van der Waals surface area contributed by atoms with Crippen LogP contribution in [0.25, 0.3) is 109 Å². The van der Waals surface area contributed by atoms with Crippen LogP contribution in [0.1, 0.15) is 0 Å². The van der Waals surface area contributed by atoms with Crippen LogP contribution in [-0.4, -0.2) is 0 Å². The minimum absolute atomic E-state index is 1.23. The average molecular weight is 605 g/mol. The topological polar surface area (TPSA) is 0 Å². The Labute approximate surface area is 278 Å². The molecule has 0 heterocycles. The van der Waals surface area contributed by atoms with E-state index in [-0.39, 0.29) is 0 Å². The molecule has 0 nitrogen and oxygen atoms in total. The SMILES string of the molecule is c1ccc(-c2ccc3c(-c4ccccc4)c4c(c(-c5ccccc5)c3c2)-c2ccc3c5cccc6cccc(c7ccc-4c2c73)c65)cc1. The summed E-state index contributed by atoms with van der Waals surface area (Å²) in [6.45, 7) is 0. The van der Waals surface area contributed by atoms with Crippen molar-refractivity contribution in [2.45, 2.75) is 0 Å². The van der Waals surface area contributed by atoms with Gasteiger partial charge in [-0.1, -0.05) is 164 Å². The van der Waals surface area contributed by atoms with E-state index in [1.807, 2.05) is 0 Å². The molecule has 0 heteroatoms. The van der Waals surface area contributed by atoms with Crippen LogP contribution in [0.2, 0.25) is 0 Å². The Kier molecular flexibility index (Phi) is 5.20. The van der Waals surface area contributed by atoms with Crippen molar-refractivity contribution in [3.63, 3.8) is 0 Å². The fourth-order valence-electron chi connectivity index (χ4n) is 8.80. The van der Waals surface area contributed by atoms with E-state index in [1.54, 1.807) is 0 Å². The lowest BCUT2D eigenvalue weighted by atomic mass is 9.82. The van der Waals surface area contributed by atoms with Crippen LogP contribution in [0, 0.1) is 0 Å². The van der Waals surface area contributed by atoms with Crippen molar-refractivity contribution < 1.29 is 0 Å². The molecular formula is C48H28. The summed E-state index contributed by atoms with van der Waals surface area (Å²) in [7, 11) is 0. The summed E-state index contributed by atoms with van der Waals surface area (Å²) in [5.41, 5.74) is 12.9. The van der Waals surface area contributed by atoms with E-state index >= 15 is 0 Å². The van der Waals surface area contributed by atoms with Gasteiger partial charge in [0.2, 0.25) is 0 Å². The molecule has 220 valence electrons. The average Bonchev–Trinajstić information content (AvgIpc) is 3.49. The molecule has 0 atom stereocenters. The second-order valence-electron chi connectivity index (χ2n) is 13.1. The molecule has 0 aromatic heterocycles. The van der Waals surface area contributed by atoms with Gasteiger partial charge in [-0.15, -0.1) is 0 Å². The fourth-order valence-corrected chi connectivity index (χ4v) is 8.80. The number of rotatable bonds is 3. The van der Waals surface area contributed by atoms with Crippen molar-refractivity contribution in [1.29, 1.82) is 0 Å². The van der Waals surface area contributed by atoms with E-state index < -0.39 is 0 Å². The molecule has 0 amide bonds. The predicted molar refractivity (Wildman–Crippen MR) is 206 cm³/mol. The molecule has 1 aliphatic carbocycles. The van der Waals surface area contributed by atoms with Gasteiger partial charge in [0.15, 0.2) is 0 Å². The molecule has 0 N–H and O–H groups in total. The second kappa shape index (κ2) is 9.64. The second-order valence-corrected chi connectivity index (χ2v) is 13.1. The lowest BCUT2D eigenvalue weighted by molar-refractivity contribution is 1.61. The highest BCUT2D eigenvalue weighted by Gasteiger charge is 2.32. The summed E-state index contributed by atoms with van der Waals surface area (Å²) in [4.78, 5) is 0. The highest BCUT2D eigenvalue weighted by molar-refractivity contribution is 6.39. The molecule has 0 aliphatic heterocycles. The first kappa shape index (κ1) is 25.9. The summed E-state index contributed by atoms with van der Waals surface area (Å²) in [6, 6.07) is 63.1. The molecular weight excluding hydrogens is 577 g/mol. The van der Waals surface area contributed by atoms with Gasteiger partial charge in [0, 0.05) is 0 Å². The molecule has 0 bridgehead atoms. The summed E-state index contributed by atoms with van der Waals surface area (Å²) >= 11 is 0. The molecule has 0 saturated carbocycles. The van der Waals surface area contributed by atoms with Crippen LogP contribution in [0.4, 0.5) is 0 Å². The van der Waals surface area contributed by atoms with E-state index in [4.69, 9.17) is 0 Å². The molecule has 0 spiro atoms. The molecule has 48 heavy (non-hydrogen) atoms. The number of hydrogen-bond donors (Lipinski definition) is 0. The largest absolute Gasteiger partial charge is 0.0622 e. The van der Waals surface area contributed by atoms with Crippen LogP contribution in [0.3, 0.4) is 0 Å². The Morgan fingerprint density at radius 1 is 0.229 bits per heavy atom. The Hall–Kier alpha value is -6.24. The van der Waals surface area contributed by atoms with Gasteiger partial charge in [-0.2, -0.15) is 0 Å². The molecule has 0 saturated heterocycles. The number of fused-ring (bicyclic) bond motifs is 6. The number of benzene rings is 10. The lowest BCUT2D eigenvalue weighted by Gasteiger charge is -2.21. The van der Waals surface area contributed by atoms with E-state index in [9.17, 15) is 0 Å². The summed E-state index contributed by atoms with van der Waals surface area (Å²) in [5, 5.41) is 13.3. The van der Waals surface area contributed by atoms with Gasteiger partial charge in [-0.05, 0) is 116 Å². The van der Waals surface area contributed by atoms with Gasteiger partial charge in [0.05, 0.1) is 0 Å². The van der Waals surface area contributed by atoms with Crippen molar-refractivity contribution in [3.8, 4) is 55.6 Å². The lowest BCUT2D eigenvalue weighted by Crippen LogP contribution is -1.94. The van der Waals surface area contributed by atoms with Crippen LogP contribution >= 0.6 is 0 Å². The minimum atomic E-state index is 1.23. The predicted octanol–water partition coefficient (Wildman–Crippen LogP) is 13.5. The molecule has 10 aromatic carbocycles. The molecule has 0 unspecified atom stereocenters. The summed E-state index contributed by atoms with van der Waals surface area (Å²) in [5.74, 6) is 0. The maximum absolute atomic E-state index is 2.43. The van der Waals surface area contributed by atoms with Gasteiger partial charge in [0.1, 0.15) is 0 Å². The Morgan fingerprint density at radius 3 is 1.27 bits per heavy atom. The Bertz CT molecular complexity index is 2850. The smallest absolute Gasteiger partial charge is 0.000740 e. The van der Waals surface area contributed by atoms with Gasteiger partial charge in [0.25, 0.3) is 0 Å². The van der Waals surface area contributed by atoms with Gasteiger partial charge < -0.3 is 0 Å². The highest BCUT2D eigenvalue weighted by Crippen LogP contribution is 2.59. The first-order valence-electron chi connectivity index (χ1n) is 16.8. The molecule has 1 aliphatic rings. The van der Waals surface area contributed by atoms with Crippen molar-refractivity contribution in [1.82, 2.24) is 0 Å². The quantitative estimate of drug-likeness (QED) is 0.139. The van der Waals surface area contributed by atoms with Crippen LogP contribution in [0.5, 0.6) is 0 Å². The molecule has 0 radical (unpaired) electrons. The summed E-state index contributed by atoms with van der Waals surface area (Å²) < 4.78 is 0. The monoisotopic (exact) mass is 604 g/mol. The molecule has 10 aromatic rings. The maximum Gasteiger partial charge on any atom is -0.000740 e. The van der Waals surface area contributed by atoms with Crippen molar-refractivity contribution in [2.24, 2.45) is 0 Å². The third-order valence-electron chi connectivity index (χ3n) is 10.7. The Morgan fingerprint density at radius 2 is 0.708 bits per heavy atom. The third-order valence-corrected chi connectivity index (χ3v) is 10.7. The fraction of sp³-hybridized carbons (Fsp3) is 0. The zero-order chi connectivity index (χ0) is 31.3. The van der Waals surface area contributed by atoms with E-state index in [1.165, 1.54) is 109 Å². The van der Waals surface area contributed by atoms with E-state index in [0.717, 1.165) is 0 Å². The highest BCUT2D eigenvalue weighted by atomic mass is 14.3.